The molecule has 1 aromatic carbocycles. The fraction of sp³-hybridized carbons (Fsp3) is 0.182. The minimum Gasteiger partial charge on any atom is -0.449 e. The molecule has 0 unspecified atom stereocenters. The molecule has 0 saturated heterocycles. The van der Waals surface area contributed by atoms with Gasteiger partial charge in [0.25, 0.3) is 0 Å². The molecule has 30 heavy (non-hydrogen) atoms. The van der Waals surface area contributed by atoms with E-state index in [0.717, 1.165) is 5.69 Å². The molecular formula is C22H17N5O2S. The van der Waals surface area contributed by atoms with E-state index in [1.54, 1.807) is 24.4 Å². The van der Waals surface area contributed by atoms with E-state index in [9.17, 15) is 10.5 Å². The Morgan fingerprint density at radius 3 is 2.53 bits per heavy atom. The highest BCUT2D eigenvalue weighted by Crippen LogP contribution is 2.44. The van der Waals surface area contributed by atoms with Crippen LogP contribution in [-0.4, -0.2) is 15.8 Å². The van der Waals surface area contributed by atoms with Gasteiger partial charge in [0.15, 0.2) is 11.5 Å². The van der Waals surface area contributed by atoms with Crippen molar-refractivity contribution in [3.05, 3.63) is 59.4 Å². The Morgan fingerprint density at radius 1 is 1.07 bits per heavy atom. The van der Waals surface area contributed by atoms with Crippen molar-refractivity contribution in [3.63, 3.8) is 0 Å². The van der Waals surface area contributed by atoms with E-state index in [4.69, 9.17) is 15.2 Å². The summed E-state index contributed by atoms with van der Waals surface area (Å²) < 4.78 is 11.6. The number of anilines is 1. The van der Waals surface area contributed by atoms with Crippen LogP contribution in [0.1, 0.15) is 30.7 Å². The van der Waals surface area contributed by atoms with Crippen LogP contribution in [0, 0.1) is 22.7 Å². The second-order valence-electron chi connectivity index (χ2n) is 7.03. The predicted octanol–water partition coefficient (Wildman–Crippen LogP) is 4.27. The van der Waals surface area contributed by atoms with Gasteiger partial charge in [-0.15, -0.1) is 0 Å². The molecule has 2 N–H and O–H groups in total. The first-order valence-electron chi connectivity index (χ1n) is 9.10. The molecule has 1 aliphatic heterocycles. The second kappa shape index (κ2) is 7.58. The summed E-state index contributed by atoms with van der Waals surface area (Å²) in [4.78, 5) is 8.62. The molecule has 0 saturated carbocycles. The van der Waals surface area contributed by atoms with Crippen LogP contribution in [-0.2, 0) is 5.75 Å². The van der Waals surface area contributed by atoms with Crippen molar-refractivity contribution in [2.24, 2.45) is 0 Å². The Hall–Kier alpha value is -3.75. The third kappa shape index (κ3) is 3.61. The summed E-state index contributed by atoms with van der Waals surface area (Å²) in [6, 6.07) is 15.2. The number of ether oxygens (including phenoxy) is 2. The summed E-state index contributed by atoms with van der Waals surface area (Å²) in [5.41, 5.74) is 8.46. The minimum absolute atomic E-state index is 0.0769. The Balaban J connectivity index is 1.80. The lowest BCUT2D eigenvalue weighted by Crippen LogP contribution is -2.29. The van der Waals surface area contributed by atoms with Crippen LogP contribution in [0.25, 0.3) is 11.1 Å². The van der Waals surface area contributed by atoms with Gasteiger partial charge < -0.3 is 15.2 Å². The third-order valence-electron chi connectivity index (χ3n) is 4.44. The average molecular weight is 415 g/mol. The van der Waals surface area contributed by atoms with E-state index in [1.165, 1.54) is 11.8 Å². The number of hydrogen-bond donors (Lipinski definition) is 1. The van der Waals surface area contributed by atoms with Gasteiger partial charge in [0.1, 0.15) is 28.5 Å². The zero-order valence-electron chi connectivity index (χ0n) is 16.3. The molecule has 7 nitrogen and oxygen atoms in total. The first-order chi connectivity index (χ1) is 14.4. The first-order valence-corrected chi connectivity index (χ1v) is 10.1. The van der Waals surface area contributed by atoms with Crippen LogP contribution in [0.5, 0.6) is 11.5 Å². The van der Waals surface area contributed by atoms with Crippen molar-refractivity contribution in [1.29, 1.82) is 10.5 Å². The first kappa shape index (κ1) is 19.6. The highest BCUT2D eigenvalue weighted by molar-refractivity contribution is 7.98. The molecule has 0 bridgehead atoms. The Labute approximate surface area is 178 Å². The van der Waals surface area contributed by atoms with Gasteiger partial charge in [0, 0.05) is 31.4 Å². The molecule has 0 amide bonds. The van der Waals surface area contributed by atoms with Gasteiger partial charge in [-0.3, -0.25) is 4.98 Å². The van der Waals surface area contributed by atoms with E-state index < -0.39 is 5.79 Å². The van der Waals surface area contributed by atoms with Crippen LogP contribution in [0.3, 0.4) is 0 Å². The van der Waals surface area contributed by atoms with Gasteiger partial charge >= 0.3 is 0 Å². The standard InChI is InChI=1S/C22H17N5O2S/c1-22(2)28-17-7-6-13(9-18(17)29-22)19-15(10-23)20(25)27-21(16(19)11-24)30-12-14-5-3-4-8-26-14/h3-9H,12H2,1-2H3,(H2,25,27). The number of nitrogens with two attached hydrogens (primary N) is 1. The minimum atomic E-state index is -0.780. The maximum atomic E-state index is 9.92. The predicted molar refractivity (Wildman–Crippen MR) is 113 cm³/mol. The van der Waals surface area contributed by atoms with Gasteiger partial charge in [-0.25, -0.2) is 4.98 Å². The number of hydrogen-bond acceptors (Lipinski definition) is 8. The molecule has 0 radical (unpaired) electrons. The average Bonchev–Trinajstić information content (AvgIpc) is 3.05. The van der Waals surface area contributed by atoms with Crippen molar-refractivity contribution in [1.82, 2.24) is 9.97 Å². The van der Waals surface area contributed by atoms with E-state index in [0.29, 0.717) is 39.0 Å². The third-order valence-corrected chi connectivity index (χ3v) is 5.45. The quantitative estimate of drug-likeness (QED) is 0.628. The Bertz CT molecular complexity index is 1210. The van der Waals surface area contributed by atoms with Crippen molar-refractivity contribution >= 4 is 17.6 Å². The van der Waals surface area contributed by atoms with Crippen molar-refractivity contribution in [3.8, 4) is 34.8 Å². The lowest BCUT2D eigenvalue weighted by Gasteiger charge is -2.16. The highest BCUT2D eigenvalue weighted by atomic mass is 32.2. The van der Waals surface area contributed by atoms with Gasteiger partial charge in [0.2, 0.25) is 5.79 Å². The number of rotatable bonds is 4. The molecular weight excluding hydrogens is 398 g/mol. The molecule has 2 aromatic heterocycles. The van der Waals surface area contributed by atoms with Gasteiger partial charge in [0.05, 0.1) is 11.3 Å². The van der Waals surface area contributed by atoms with Crippen LogP contribution < -0.4 is 15.2 Å². The number of pyridine rings is 2. The maximum Gasteiger partial charge on any atom is 0.246 e. The summed E-state index contributed by atoms with van der Waals surface area (Å²) in [6.45, 7) is 3.62. The van der Waals surface area contributed by atoms with Gasteiger partial charge in [-0.05, 0) is 29.8 Å². The topological polar surface area (TPSA) is 118 Å². The number of nitriles is 2. The summed E-state index contributed by atoms with van der Waals surface area (Å²) in [5, 5.41) is 20.1. The van der Waals surface area contributed by atoms with Gasteiger partial charge in [-0.2, -0.15) is 10.5 Å². The normalized spacial score (nSPS) is 13.5. The lowest BCUT2D eigenvalue weighted by atomic mass is 9.96. The fourth-order valence-electron chi connectivity index (χ4n) is 3.20. The highest BCUT2D eigenvalue weighted by Gasteiger charge is 2.32. The number of aromatic nitrogens is 2. The second-order valence-corrected chi connectivity index (χ2v) is 7.99. The molecule has 3 aromatic rings. The number of thioether (sulfide) groups is 1. The molecule has 0 fully saturated rings. The van der Waals surface area contributed by atoms with Crippen LogP contribution in [0.4, 0.5) is 5.82 Å². The zero-order valence-corrected chi connectivity index (χ0v) is 17.2. The fourth-order valence-corrected chi connectivity index (χ4v) is 4.11. The number of nitrogen functional groups attached to an aromatic ring is 1. The Morgan fingerprint density at radius 2 is 1.83 bits per heavy atom. The van der Waals surface area contributed by atoms with Crippen LogP contribution in [0.2, 0.25) is 0 Å². The lowest BCUT2D eigenvalue weighted by molar-refractivity contribution is -0.0431. The maximum absolute atomic E-state index is 9.92. The van der Waals surface area contributed by atoms with E-state index in [1.807, 2.05) is 32.0 Å². The van der Waals surface area contributed by atoms with Crippen molar-refractivity contribution < 1.29 is 9.47 Å². The van der Waals surface area contributed by atoms with Crippen LogP contribution >= 0.6 is 11.8 Å². The largest absolute Gasteiger partial charge is 0.449 e. The number of fused-ring (bicyclic) bond motifs is 1. The SMILES string of the molecule is CC1(C)Oc2ccc(-c3c(C#N)c(N)nc(SCc4ccccn4)c3C#N)cc2O1. The van der Waals surface area contributed by atoms with Crippen LogP contribution in [0.15, 0.2) is 47.6 Å². The summed E-state index contributed by atoms with van der Waals surface area (Å²) in [5.74, 6) is 0.963. The molecule has 8 heteroatoms. The smallest absolute Gasteiger partial charge is 0.246 e. The van der Waals surface area contributed by atoms with E-state index >= 15 is 0 Å². The van der Waals surface area contributed by atoms with Crippen molar-refractivity contribution in [2.45, 2.75) is 30.4 Å². The van der Waals surface area contributed by atoms with E-state index in [2.05, 4.69) is 22.1 Å². The molecule has 0 aliphatic carbocycles. The summed E-state index contributed by atoms with van der Waals surface area (Å²) in [6.07, 6.45) is 1.71. The number of nitrogens with zero attached hydrogens (tertiary/aromatic N) is 4. The molecule has 0 spiro atoms. The molecule has 0 atom stereocenters. The molecule has 3 heterocycles. The molecule has 1 aliphatic rings. The van der Waals surface area contributed by atoms with E-state index in [-0.39, 0.29) is 11.4 Å². The number of benzene rings is 1. The Kier molecular flexibility index (Phi) is 4.94. The molecule has 4 rings (SSSR count). The molecule has 148 valence electrons. The van der Waals surface area contributed by atoms with Gasteiger partial charge in [-0.1, -0.05) is 23.9 Å². The zero-order chi connectivity index (χ0) is 21.3. The monoisotopic (exact) mass is 415 g/mol. The summed E-state index contributed by atoms with van der Waals surface area (Å²) >= 11 is 1.35. The van der Waals surface area contributed by atoms with Crippen molar-refractivity contribution in [2.75, 3.05) is 5.73 Å². The summed E-state index contributed by atoms with van der Waals surface area (Å²) in [7, 11) is 0.